The molecule has 0 heterocycles. The van der Waals surface area contributed by atoms with E-state index >= 15 is 0 Å². The molecular weight excluding hydrogens is 252 g/mol. The second kappa shape index (κ2) is 8.82. The van der Waals surface area contributed by atoms with E-state index in [-0.39, 0.29) is 0 Å². The first kappa shape index (κ1) is 16.8. The summed E-state index contributed by atoms with van der Waals surface area (Å²) in [4.78, 5) is 0. The van der Waals surface area contributed by atoms with Crippen LogP contribution in [0.5, 0.6) is 5.75 Å². The monoisotopic (exact) mass is 280 g/mol. The first-order chi connectivity index (χ1) is 9.52. The Balaban J connectivity index is 2.28. The Labute approximate surface area is 122 Å². The van der Waals surface area contributed by atoms with Crippen molar-refractivity contribution in [1.82, 2.24) is 5.32 Å². The molecule has 1 aromatic carbocycles. The Morgan fingerprint density at radius 3 is 2.60 bits per heavy atom. The van der Waals surface area contributed by atoms with Crippen LogP contribution in [-0.2, 0) is 11.2 Å². The van der Waals surface area contributed by atoms with E-state index in [1.807, 2.05) is 12.1 Å². The summed E-state index contributed by atoms with van der Waals surface area (Å²) in [5.74, 6) is 0.736. The minimum absolute atomic E-state index is 0.315. The summed E-state index contributed by atoms with van der Waals surface area (Å²) in [5, 5.41) is 3.50. The second-order valence-corrected chi connectivity index (χ2v) is 5.41. The normalized spacial score (nSPS) is 12.7. The Morgan fingerprint density at radius 1 is 1.25 bits per heavy atom. The third kappa shape index (κ3) is 6.26. The molecule has 0 radical (unpaired) electrons. The molecule has 0 aromatic heterocycles. The average molecular weight is 280 g/mol. The average Bonchev–Trinajstić information content (AvgIpc) is 2.38. The van der Waals surface area contributed by atoms with Crippen molar-refractivity contribution in [1.29, 1.82) is 0 Å². The van der Waals surface area contributed by atoms with E-state index in [2.05, 4.69) is 32.2 Å². The van der Waals surface area contributed by atoms with E-state index in [9.17, 15) is 0 Å². The molecule has 0 spiro atoms. The highest BCUT2D eigenvalue weighted by atomic mass is 16.5. The lowest BCUT2D eigenvalue weighted by Gasteiger charge is -2.15. The highest BCUT2D eigenvalue weighted by Gasteiger charge is 2.05. The highest BCUT2D eigenvalue weighted by Crippen LogP contribution is 2.22. The molecule has 1 rings (SSSR count). The van der Waals surface area contributed by atoms with Gasteiger partial charge in [-0.15, -0.1) is 0 Å². The number of ether oxygens (including phenoxy) is 2. The van der Waals surface area contributed by atoms with E-state index in [4.69, 9.17) is 15.2 Å². The van der Waals surface area contributed by atoms with Crippen LogP contribution in [0.25, 0.3) is 0 Å². The van der Waals surface area contributed by atoms with Crippen LogP contribution >= 0.6 is 0 Å². The molecule has 1 unspecified atom stereocenters. The van der Waals surface area contributed by atoms with Gasteiger partial charge in [0, 0.05) is 12.6 Å². The van der Waals surface area contributed by atoms with Gasteiger partial charge in [-0.25, -0.2) is 0 Å². The smallest absolute Gasteiger partial charge is 0.141 e. The molecule has 4 heteroatoms. The summed E-state index contributed by atoms with van der Waals surface area (Å²) >= 11 is 0. The quantitative estimate of drug-likeness (QED) is 0.539. The molecule has 20 heavy (non-hydrogen) atoms. The van der Waals surface area contributed by atoms with Gasteiger partial charge in [0.1, 0.15) is 5.75 Å². The number of benzene rings is 1. The van der Waals surface area contributed by atoms with Crippen molar-refractivity contribution in [3.05, 3.63) is 23.8 Å². The number of nitrogens with two attached hydrogens (primary N) is 1. The maximum atomic E-state index is 5.91. The van der Waals surface area contributed by atoms with Gasteiger partial charge < -0.3 is 20.5 Å². The SMILES string of the molecule is COc1ccc(CC(C)NCCCOC(C)C)cc1N. The molecule has 4 nitrogen and oxygen atoms in total. The van der Waals surface area contributed by atoms with Gasteiger partial charge in [-0.1, -0.05) is 6.07 Å². The van der Waals surface area contributed by atoms with Crippen LogP contribution in [0.3, 0.4) is 0 Å². The number of hydrogen-bond donors (Lipinski definition) is 2. The predicted octanol–water partition coefficient (Wildman–Crippen LogP) is 2.61. The minimum atomic E-state index is 0.315. The van der Waals surface area contributed by atoms with Gasteiger partial charge in [-0.2, -0.15) is 0 Å². The van der Waals surface area contributed by atoms with Gasteiger partial charge in [0.05, 0.1) is 18.9 Å². The lowest BCUT2D eigenvalue weighted by molar-refractivity contribution is 0.0768. The summed E-state index contributed by atoms with van der Waals surface area (Å²) in [7, 11) is 1.63. The maximum Gasteiger partial charge on any atom is 0.141 e. The van der Waals surface area contributed by atoms with Gasteiger partial charge >= 0.3 is 0 Å². The van der Waals surface area contributed by atoms with Gasteiger partial charge in [0.2, 0.25) is 0 Å². The zero-order valence-corrected chi connectivity index (χ0v) is 13.1. The van der Waals surface area contributed by atoms with Crippen LogP contribution in [0.1, 0.15) is 32.8 Å². The zero-order chi connectivity index (χ0) is 15.0. The number of nitrogen functional groups attached to an aromatic ring is 1. The Bertz CT molecular complexity index is 394. The Kier molecular flexibility index (Phi) is 7.41. The number of rotatable bonds is 9. The lowest BCUT2D eigenvalue weighted by atomic mass is 10.1. The second-order valence-electron chi connectivity index (χ2n) is 5.41. The first-order valence-electron chi connectivity index (χ1n) is 7.30. The number of hydrogen-bond acceptors (Lipinski definition) is 4. The molecule has 0 bridgehead atoms. The number of nitrogens with one attached hydrogen (secondary N) is 1. The Morgan fingerprint density at radius 2 is 2.00 bits per heavy atom. The molecular formula is C16H28N2O2. The van der Waals surface area contributed by atoms with Gasteiger partial charge in [-0.3, -0.25) is 0 Å². The molecule has 0 saturated carbocycles. The molecule has 3 N–H and O–H groups in total. The largest absolute Gasteiger partial charge is 0.495 e. The van der Waals surface area contributed by atoms with Crippen LogP contribution in [0.4, 0.5) is 5.69 Å². The number of methoxy groups -OCH3 is 1. The van der Waals surface area contributed by atoms with Crippen LogP contribution in [0.15, 0.2) is 18.2 Å². The standard InChI is InChI=1S/C16H28N2O2/c1-12(2)20-9-5-8-18-13(3)10-14-6-7-16(19-4)15(17)11-14/h6-7,11-13,18H,5,8-10,17H2,1-4H3. The van der Waals surface area contributed by atoms with Crippen molar-refractivity contribution >= 4 is 5.69 Å². The van der Waals surface area contributed by atoms with Gasteiger partial charge in [0.25, 0.3) is 0 Å². The van der Waals surface area contributed by atoms with E-state index in [1.54, 1.807) is 7.11 Å². The fourth-order valence-electron chi connectivity index (χ4n) is 2.08. The predicted molar refractivity (Wildman–Crippen MR) is 84.3 cm³/mol. The highest BCUT2D eigenvalue weighted by molar-refractivity contribution is 5.54. The molecule has 0 aliphatic heterocycles. The summed E-state index contributed by atoms with van der Waals surface area (Å²) in [6.45, 7) is 8.09. The zero-order valence-electron chi connectivity index (χ0n) is 13.1. The molecule has 0 aliphatic carbocycles. The van der Waals surface area contributed by atoms with Crippen LogP contribution < -0.4 is 15.8 Å². The summed E-state index contributed by atoms with van der Waals surface area (Å²) < 4.78 is 10.7. The van der Waals surface area contributed by atoms with Crippen molar-refractivity contribution in [3.8, 4) is 5.75 Å². The summed E-state index contributed by atoms with van der Waals surface area (Å²) in [6.07, 6.45) is 2.31. The van der Waals surface area contributed by atoms with Crippen LogP contribution in [0, 0.1) is 0 Å². The lowest BCUT2D eigenvalue weighted by Crippen LogP contribution is -2.29. The Hall–Kier alpha value is -1.26. The first-order valence-corrected chi connectivity index (χ1v) is 7.30. The van der Waals surface area contributed by atoms with E-state index in [0.29, 0.717) is 17.8 Å². The molecule has 114 valence electrons. The van der Waals surface area contributed by atoms with E-state index in [0.717, 1.165) is 31.7 Å². The molecule has 1 atom stereocenters. The van der Waals surface area contributed by atoms with Crippen molar-refractivity contribution in [3.63, 3.8) is 0 Å². The van der Waals surface area contributed by atoms with Gasteiger partial charge in [-0.05, 0) is 57.9 Å². The molecule has 0 aliphatic rings. The van der Waals surface area contributed by atoms with Crippen molar-refractivity contribution in [2.75, 3.05) is 26.0 Å². The molecule has 0 fully saturated rings. The fourth-order valence-corrected chi connectivity index (χ4v) is 2.08. The number of anilines is 1. The maximum absolute atomic E-state index is 5.91. The van der Waals surface area contributed by atoms with Crippen molar-refractivity contribution < 1.29 is 9.47 Å². The molecule has 1 aromatic rings. The fraction of sp³-hybridized carbons (Fsp3) is 0.625. The third-order valence-electron chi connectivity index (χ3n) is 3.10. The van der Waals surface area contributed by atoms with Crippen molar-refractivity contribution in [2.24, 2.45) is 0 Å². The molecule has 0 amide bonds. The topological polar surface area (TPSA) is 56.5 Å². The van der Waals surface area contributed by atoms with Crippen LogP contribution in [-0.4, -0.2) is 32.4 Å². The summed E-state index contributed by atoms with van der Waals surface area (Å²) in [5.41, 5.74) is 7.83. The third-order valence-corrected chi connectivity index (χ3v) is 3.10. The van der Waals surface area contributed by atoms with Crippen molar-refractivity contribution in [2.45, 2.75) is 45.8 Å². The minimum Gasteiger partial charge on any atom is -0.495 e. The van der Waals surface area contributed by atoms with Crippen LogP contribution in [0.2, 0.25) is 0 Å². The van der Waals surface area contributed by atoms with E-state index < -0.39 is 0 Å². The van der Waals surface area contributed by atoms with E-state index in [1.165, 1.54) is 5.56 Å². The molecule has 0 saturated heterocycles. The van der Waals surface area contributed by atoms with Gasteiger partial charge in [0.15, 0.2) is 0 Å². The summed E-state index contributed by atoms with van der Waals surface area (Å²) in [6, 6.07) is 6.39.